The molecule has 14 rings (SSSR count). The number of nitrogens with zero attached hydrogens (tertiary/aromatic N) is 2. The van der Waals surface area contributed by atoms with Crippen LogP contribution in [0.3, 0.4) is 0 Å². The minimum absolute atomic E-state index is 0.0158. The monoisotopic (exact) mass is 898 g/mol. The fourth-order valence-electron chi connectivity index (χ4n) is 12.6. The second-order valence-corrected chi connectivity index (χ2v) is 24.8. The van der Waals surface area contributed by atoms with Gasteiger partial charge in [-0.05, 0) is 127 Å². The largest absolute Gasteiger partial charge is 0.455 e. The van der Waals surface area contributed by atoms with E-state index in [0.717, 1.165) is 16.6 Å². The number of fused-ring (bicyclic) bond motifs is 19. The van der Waals surface area contributed by atoms with Gasteiger partial charge in [0.05, 0.1) is 11.0 Å². The van der Waals surface area contributed by atoms with Gasteiger partial charge < -0.3 is 13.8 Å². The predicted octanol–water partition coefficient (Wildman–Crippen LogP) is 16.5. The van der Waals surface area contributed by atoms with E-state index in [1.165, 1.54) is 125 Å². The fourth-order valence-corrected chi connectivity index (χ4v) is 13.7. The highest BCUT2D eigenvalue weighted by atomic mass is 32.1. The van der Waals surface area contributed by atoms with Crippen LogP contribution in [0.2, 0.25) is 0 Å². The molecule has 332 valence electrons. The van der Waals surface area contributed by atoms with Gasteiger partial charge in [-0.1, -0.05) is 149 Å². The highest BCUT2D eigenvalue weighted by molar-refractivity contribution is 7.26. The van der Waals surface area contributed by atoms with Crippen LogP contribution in [0.25, 0.3) is 91.9 Å². The van der Waals surface area contributed by atoms with Crippen LogP contribution in [0.15, 0.2) is 138 Å². The Morgan fingerprint density at radius 3 is 1.94 bits per heavy atom. The molecule has 1 aliphatic carbocycles. The molecule has 3 aliphatic rings. The second-order valence-electron chi connectivity index (χ2n) is 23.8. The summed E-state index contributed by atoms with van der Waals surface area (Å²) in [6.07, 6.45) is 0. The van der Waals surface area contributed by atoms with Crippen LogP contribution in [0.1, 0.15) is 104 Å². The molecule has 0 spiro atoms. The minimum Gasteiger partial charge on any atom is -0.455 e. The van der Waals surface area contributed by atoms with Gasteiger partial charge in [0.2, 0.25) is 0 Å². The number of aromatic nitrogens is 1. The summed E-state index contributed by atoms with van der Waals surface area (Å²) in [6.45, 7) is 25.6. The first-order valence-corrected chi connectivity index (χ1v) is 25.3. The number of benzene rings is 8. The van der Waals surface area contributed by atoms with Crippen molar-refractivity contribution in [1.29, 1.82) is 0 Å². The number of anilines is 2. The number of para-hydroxylation sites is 1. The third kappa shape index (κ3) is 5.21. The standard InChI is InChI=1S/C63H55BN2OS/c1-60(2,3)34-20-24-37(25-21-34)66-49-31-41-40-28-35(61(4,5)6)22-26-45(40)63(10,11)46(41)30-44(49)56-57-58-54(55-39-17-12-14-18-51(39)67-59(55)56)43-29-36(62(7,8)9)23-27-48(43)65(58)50-32-42-38-16-13-15-19-52(38)68-53(42)33-47(50)64(57)66/h12-33H,1-11H3. The summed E-state index contributed by atoms with van der Waals surface area (Å²) in [5.41, 5.74) is 22.4. The van der Waals surface area contributed by atoms with Crippen LogP contribution in [0, 0.1) is 0 Å². The Hall–Kier alpha value is -6.56. The van der Waals surface area contributed by atoms with Crippen LogP contribution < -0.4 is 15.7 Å². The number of rotatable bonds is 1. The van der Waals surface area contributed by atoms with Crippen LogP contribution in [-0.4, -0.2) is 11.4 Å². The lowest BCUT2D eigenvalue weighted by Crippen LogP contribution is -2.60. The molecule has 0 saturated heterocycles. The van der Waals surface area contributed by atoms with E-state index >= 15 is 0 Å². The molecule has 11 aromatic rings. The number of hydrogen-bond acceptors (Lipinski definition) is 3. The Morgan fingerprint density at radius 2 is 1.19 bits per heavy atom. The van der Waals surface area contributed by atoms with E-state index in [-0.39, 0.29) is 28.5 Å². The Labute approximate surface area is 403 Å². The lowest BCUT2D eigenvalue weighted by atomic mass is 9.43. The summed E-state index contributed by atoms with van der Waals surface area (Å²) in [4.78, 5) is 2.72. The second kappa shape index (κ2) is 12.9. The van der Waals surface area contributed by atoms with Crippen molar-refractivity contribution in [2.75, 3.05) is 4.81 Å². The van der Waals surface area contributed by atoms with Gasteiger partial charge in [-0.15, -0.1) is 11.3 Å². The van der Waals surface area contributed by atoms with E-state index in [0.29, 0.717) is 0 Å². The molecule has 0 N–H and O–H groups in total. The normalized spacial score (nSPS) is 15.0. The molecule has 0 unspecified atom stereocenters. The van der Waals surface area contributed by atoms with Gasteiger partial charge >= 0.3 is 6.85 Å². The first-order valence-electron chi connectivity index (χ1n) is 24.5. The van der Waals surface area contributed by atoms with E-state index in [4.69, 9.17) is 4.42 Å². The average molecular weight is 899 g/mol. The lowest BCUT2D eigenvalue weighted by molar-refractivity contribution is 0.589. The Morgan fingerprint density at radius 1 is 0.529 bits per heavy atom. The van der Waals surface area contributed by atoms with Gasteiger partial charge in [0, 0.05) is 75.3 Å². The van der Waals surface area contributed by atoms with E-state index in [2.05, 4.69) is 219 Å². The maximum atomic E-state index is 7.40. The Balaban J connectivity index is 1.21. The summed E-state index contributed by atoms with van der Waals surface area (Å²) >= 11 is 1.91. The lowest BCUT2D eigenvalue weighted by Gasteiger charge is -2.42. The van der Waals surface area contributed by atoms with Crippen molar-refractivity contribution in [3.63, 3.8) is 0 Å². The van der Waals surface area contributed by atoms with Gasteiger partial charge in [0.15, 0.2) is 0 Å². The molecule has 0 saturated carbocycles. The quantitative estimate of drug-likeness (QED) is 0.153. The van der Waals surface area contributed by atoms with Crippen molar-refractivity contribution >= 4 is 104 Å². The molecule has 0 fully saturated rings. The molecule has 68 heavy (non-hydrogen) atoms. The summed E-state index contributed by atoms with van der Waals surface area (Å²) in [6, 6.07) is 52.0. The van der Waals surface area contributed by atoms with Gasteiger partial charge in [-0.25, -0.2) is 0 Å². The highest BCUT2D eigenvalue weighted by Gasteiger charge is 2.48. The van der Waals surface area contributed by atoms with Crippen molar-refractivity contribution in [3.05, 3.63) is 161 Å². The SMILES string of the molecule is CC(C)(C)c1ccc(N2B3c4cc5sc6ccccc6c5cc4-n4c5ccc(C(C)(C)C)cc5c5c6c(oc7ccccc76)c(c3c54)-c3cc4c(cc32)-c2cc(C(C)(C)C)ccc2C4(C)C)cc1. The van der Waals surface area contributed by atoms with Gasteiger partial charge in [-0.3, -0.25) is 0 Å². The van der Waals surface area contributed by atoms with E-state index < -0.39 is 0 Å². The molecule has 5 heterocycles. The molecule has 0 radical (unpaired) electrons. The molecule has 0 amide bonds. The maximum Gasteiger partial charge on any atom is 0.333 e. The minimum atomic E-state index is -0.210. The van der Waals surface area contributed by atoms with Crippen LogP contribution in [0.4, 0.5) is 11.4 Å². The molecule has 0 atom stereocenters. The number of thiophene rings is 1. The van der Waals surface area contributed by atoms with Gasteiger partial charge in [0.1, 0.15) is 11.2 Å². The van der Waals surface area contributed by atoms with Crippen molar-refractivity contribution in [2.45, 2.75) is 97.8 Å². The van der Waals surface area contributed by atoms with Crippen molar-refractivity contribution in [2.24, 2.45) is 0 Å². The van der Waals surface area contributed by atoms with Crippen molar-refractivity contribution in [3.8, 4) is 27.9 Å². The predicted molar refractivity (Wildman–Crippen MR) is 294 cm³/mol. The molecule has 5 heteroatoms. The van der Waals surface area contributed by atoms with E-state index in [1.54, 1.807) is 0 Å². The van der Waals surface area contributed by atoms with E-state index in [9.17, 15) is 0 Å². The summed E-state index contributed by atoms with van der Waals surface area (Å²) < 4.78 is 12.7. The maximum absolute atomic E-state index is 7.40. The molecule has 0 bridgehead atoms. The third-order valence-electron chi connectivity index (χ3n) is 16.2. The zero-order valence-electron chi connectivity index (χ0n) is 41.0. The Kier molecular flexibility index (Phi) is 7.71. The van der Waals surface area contributed by atoms with Gasteiger partial charge in [-0.2, -0.15) is 0 Å². The molecular formula is C63H55BN2OS. The van der Waals surface area contributed by atoms with Gasteiger partial charge in [0.25, 0.3) is 0 Å². The average Bonchev–Trinajstić information content (AvgIpc) is 4.03. The molecule has 3 aromatic heterocycles. The smallest absolute Gasteiger partial charge is 0.333 e. The summed E-state index contributed by atoms with van der Waals surface area (Å²) in [5, 5.41) is 7.56. The molecule has 8 aromatic carbocycles. The summed E-state index contributed by atoms with van der Waals surface area (Å²) in [7, 11) is 0. The highest BCUT2D eigenvalue weighted by Crippen LogP contribution is 2.57. The summed E-state index contributed by atoms with van der Waals surface area (Å²) in [5.74, 6) is 0. The zero-order valence-corrected chi connectivity index (χ0v) is 41.8. The van der Waals surface area contributed by atoms with Crippen LogP contribution >= 0.6 is 11.3 Å². The van der Waals surface area contributed by atoms with Crippen LogP contribution in [-0.2, 0) is 21.7 Å². The first kappa shape index (κ1) is 40.5. The van der Waals surface area contributed by atoms with Crippen molar-refractivity contribution < 1.29 is 4.42 Å². The molecular weight excluding hydrogens is 844 g/mol. The molecule has 2 aliphatic heterocycles. The zero-order chi connectivity index (χ0) is 46.7. The first-order chi connectivity index (χ1) is 32.4. The number of hydrogen-bond donors (Lipinski definition) is 0. The fraction of sp³-hybridized carbons (Fsp3) is 0.238. The third-order valence-corrected chi connectivity index (χ3v) is 17.4. The topological polar surface area (TPSA) is 21.3 Å². The van der Waals surface area contributed by atoms with Crippen molar-refractivity contribution in [1.82, 2.24) is 4.57 Å². The molecule has 3 nitrogen and oxygen atoms in total. The van der Waals surface area contributed by atoms with E-state index in [1.807, 2.05) is 11.3 Å². The number of furan rings is 1. The Bertz CT molecular complexity index is 4060. The van der Waals surface area contributed by atoms with Crippen LogP contribution in [0.5, 0.6) is 0 Å².